The zero-order valence-corrected chi connectivity index (χ0v) is 65.9. The first-order valence-electron chi connectivity index (χ1n) is 35.0. The Morgan fingerprint density at radius 2 is 0.821 bits per heavy atom. The van der Waals surface area contributed by atoms with Crippen LogP contribution in [0, 0.1) is 0 Å². The molecule has 604 valence electrons. The summed E-state index contributed by atoms with van der Waals surface area (Å²) < 4.78 is 128. The van der Waals surface area contributed by atoms with Crippen LogP contribution in [0.1, 0.15) is 139 Å². The van der Waals surface area contributed by atoms with Crippen LogP contribution in [0.3, 0.4) is 0 Å². The number of carboxylic acid groups (broad SMARTS) is 1. The van der Waals surface area contributed by atoms with E-state index in [0.29, 0.717) is 55.7 Å². The molecule has 5 atom stereocenters. The van der Waals surface area contributed by atoms with Gasteiger partial charge >= 0.3 is 65.4 Å². The first-order chi connectivity index (χ1) is 52.0. The van der Waals surface area contributed by atoms with Gasteiger partial charge in [-0.1, -0.05) is 147 Å². The summed E-state index contributed by atoms with van der Waals surface area (Å²) in [6.45, 7) is 14.7. The molecule has 23 nitrogen and oxygen atoms in total. The third kappa shape index (κ3) is 36.9. The molecule has 0 radical (unpaired) electrons. The number of halogens is 6. The molecule has 2 aromatic heterocycles. The molecule has 5 aliphatic rings. The van der Waals surface area contributed by atoms with Gasteiger partial charge in [0.1, 0.15) is 65.7 Å². The fourth-order valence-electron chi connectivity index (χ4n) is 9.48. The van der Waals surface area contributed by atoms with Crippen molar-refractivity contribution in [3.05, 3.63) is 241 Å². The number of aliphatic hydroxyl groups excluding tert-OH is 1. The maximum absolute atomic E-state index is 13.0. The Kier molecular flexibility index (Phi) is 43.4. The number of benzene rings is 4. The maximum atomic E-state index is 13.0. The minimum Gasteiger partial charge on any atom is -0.870 e. The number of pyridine rings is 2. The van der Waals surface area contributed by atoms with E-state index in [9.17, 15) is 59.9 Å². The Balaban J connectivity index is 0.000000444. The van der Waals surface area contributed by atoms with E-state index in [4.69, 9.17) is 57.6 Å². The third-order valence-electron chi connectivity index (χ3n) is 16.8. The van der Waals surface area contributed by atoms with Crippen LogP contribution >= 0.6 is 0 Å². The van der Waals surface area contributed by atoms with E-state index in [-0.39, 0.29) is 118 Å². The van der Waals surface area contributed by atoms with Gasteiger partial charge < -0.3 is 63.1 Å². The molecule has 0 amide bonds. The van der Waals surface area contributed by atoms with Crippen molar-refractivity contribution in [2.75, 3.05) is 26.4 Å². The van der Waals surface area contributed by atoms with Gasteiger partial charge in [-0.15, -0.1) is 0 Å². The molecule has 0 bridgehead atoms. The van der Waals surface area contributed by atoms with Crippen LogP contribution in [0.5, 0.6) is 0 Å². The summed E-state index contributed by atoms with van der Waals surface area (Å²) in [5, 5.41) is 17.1. The van der Waals surface area contributed by atoms with Gasteiger partial charge in [-0.2, -0.15) is 0 Å². The number of rotatable bonds is 18. The predicted molar refractivity (Wildman–Crippen MR) is 392 cm³/mol. The summed E-state index contributed by atoms with van der Waals surface area (Å²) in [6, 6.07) is 48.5. The van der Waals surface area contributed by atoms with Gasteiger partial charge in [0, 0.05) is 50.1 Å². The molecule has 4 saturated heterocycles. The Morgan fingerprint density at radius 3 is 1.11 bits per heavy atom. The Bertz CT molecular complexity index is 3740. The van der Waals surface area contributed by atoms with Crippen molar-refractivity contribution in [2.45, 2.75) is 191 Å². The number of ketones is 1. The van der Waals surface area contributed by atoms with Crippen molar-refractivity contribution < 1.29 is 157 Å². The summed E-state index contributed by atoms with van der Waals surface area (Å²) in [4.78, 5) is 97.1. The first-order valence-corrected chi connectivity index (χ1v) is 35.0. The molecular weight excluding hydrogens is 1490 g/mol. The molecule has 30 heteroatoms. The largest absolute Gasteiger partial charge is 1.00 e. The SMILES string of the molecule is C=C(C)C(=O)OCc1ccccc1.C=CC=O.CC1(C(=O)O)CCC(F)(F)CO1.CC1(C(=O)OCc2ccccc2)CCC(=O)CO1.CC1(C(=O)OCc2ccccc2)CCC(F)(F)CO1.CC1(C(=O)OCc2ccccc2)CCC=CO1.CC1(C(=O)OCc2ccccn2)CCC(F)(F)CO1.OCc1ccccn1.[Na+].[OH-]. The molecule has 0 saturated carbocycles. The number of aromatic nitrogens is 2. The number of aldehydes is 1. The molecule has 4 fully saturated rings. The smallest absolute Gasteiger partial charge is 0.870 e. The van der Waals surface area contributed by atoms with E-state index in [2.05, 4.69) is 27.9 Å². The summed E-state index contributed by atoms with van der Waals surface area (Å²) in [6.07, 6.45) is 9.45. The molecule has 0 spiro atoms. The number of ether oxygens (including phenoxy) is 10. The summed E-state index contributed by atoms with van der Waals surface area (Å²) >= 11 is 0. The second-order valence-corrected chi connectivity index (χ2v) is 26.5. The summed E-state index contributed by atoms with van der Waals surface area (Å²) in [5.41, 5.74) is -0.320. The fraction of sp³-hybridized carbons (Fsp3) is 0.415. The van der Waals surface area contributed by atoms with E-state index in [0.717, 1.165) is 28.7 Å². The van der Waals surface area contributed by atoms with Gasteiger partial charge in [-0.05, 0) is 132 Å². The number of carbonyl (C=O) groups is 8. The standard InChI is InChI=1S/C14H16F2O3.C14H16O4.C14H16O3.C13H15F2NO3.C11H12O2.C7H10F2O3.C6H7NO.C3H4O.Na.H2O/c1-13(7-8-14(15,16)10-19-13)12(17)18-9-11-5-3-2-4-6-11;1-14(8-7-12(15)10-18-14)13(16)17-9-11-5-3-2-4-6-11;1-14(9-5-6-10-17-14)13(15)16-11-12-7-3-2-4-8-12;1-12(5-6-13(14,15)9-19-12)11(17)18-8-10-4-2-3-7-16-10;1-9(2)11(12)13-8-10-6-4-3-5-7-10;1-6(5(10)11)2-3-7(8,9)4-12-6;8-5-6-3-1-2-4-7-6;1-2-3-4;;/h2-6H,7-10H2,1H3;2-6H,7-10H2,1H3;2-4,6-8,10H,5,9,11H2,1H3;2-4,7H,5-6,8-9H2,1H3;3-7H,1,8H2,2H3;2-4H2,1H3,(H,10,11);1-4,8H,5H2;2-3H,1H2;;1H2/q;;;;;;;;+1;/p-1. The Hall–Kier alpha value is -9.30. The third-order valence-corrected chi connectivity index (χ3v) is 16.8. The number of hydrogen-bond acceptors (Lipinski definition) is 22. The molecule has 3 N–H and O–H groups in total. The minimum atomic E-state index is -2.87. The van der Waals surface area contributed by atoms with Gasteiger partial charge in [-0.3, -0.25) is 19.6 Å². The number of carbonyl (C=O) groups excluding carboxylic acids is 7. The molecular formula is C82H97F6N2NaO21. The number of alkyl halides is 6. The van der Waals surface area contributed by atoms with Crippen LogP contribution in [0.15, 0.2) is 207 Å². The zero-order chi connectivity index (χ0) is 81.3. The van der Waals surface area contributed by atoms with Crippen LogP contribution in [0.2, 0.25) is 0 Å². The van der Waals surface area contributed by atoms with Crippen molar-refractivity contribution in [1.82, 2.24) is 9.97 Å². The average Bonchev–Trinajstić information content (AvgIpc) is 0.817. The summed E-state index contributed by atoms with van der Waals surface area (Å²) in [7, 11) is 0. The van der Waals surface area contributed by atoms with Crippen molar-refractivity contribution in [2.24, 2.45) is 0 Å². The molecule has 11 rings (SSSR count). The minimum absolute atomic E-state index is 0. The van der Waals surface area contributed by atoms with E-state index >= 15 is 0 Å². The number of nitrogens with zero attached hydrogens (tertiary/aromatic N) is 2. The average molecular weight is 1580 g/mol. The normalized spacial score (nSPS) is 21.7. The quantitative estimate of drug-likeness (QED) is 0.0202. The van der Waals surface area contributed by atoms with E-state index in [1.807, 2.05) is 140 Å². The number of aliphatic carboxylic acids is 1. The Morgan fingerprint density at radius 1 is 0.482 bits per heavy atom. The summed E-state index contributed by atoms with van der Waals surface area (Å²) in [5.74, 6) is -12.0. The number of hydrogen-bond donors (Lipinski definition) is 2. The van der Waals surface area contributed by atoms with Crippen LogP contribution in [0.25, 0.3) is 0 Å². The number of carboxylic acids is 1. The second kappa shape index (κ2) is 49.3. The zero-order valence-electron chi connectivity index (χ0n) is 63.9. The number of allylic oxidation sites excluding steroid dienone is 2. The predicted octanol–water partition coefficient (Wildman–Crippen LogP) is 11.3. The van der Waals surface area contributed by atoms with Crippen LogP contribution in [-0.2, 0) is 125 Å². The van der Waals surface area contributed by atoms with Crippen LogP contribution < -0.4 is 29.6 Å². The van der Waals surface area contributed by atoms with Gasteiger partial charge in [0.05, 0.1) is 24.3 Å². The van der Waals surface area contributed by atoms with Gasteiger partial charge in [0.25, 0.3) is 17.8 Å². The second-order valence-electron chi connectivity index (χ2n) is 26.5. The van der Waals surface area contributed by atoms with E-state index in [1.54, 1.807) is 63.7 Å². The van der Waals surface area contributed by atoms with Crippen LogP contribution in [0.4, 0.5) is 26.3 Å². The van der Waals surface area contributed by atoms with Crippen molar-refractivity contribution in [3.8, 4) is 0 Å². The van der Waals surface area contributed by atoms with Crippen molar-refractivity contribution in [3.63, 3.8) is 0 Å². The molecule has 5 unspecified atom stereocenters. The molecule has 112 heavy (non-hydrogen) atoms. The van der Waals surface area contributed by atoms with E-state index in [1.165, 1.54) is 26.8 Å². The van der Waals surface area contributed by atoms with Gasteiger partial charge in [0.15, 0.2) is 28.2 Å². The molecule has 7 heterocycles. The Labute approximate surface area is 670 Å². The van der Waals surface area contributed by atoms with Gasteiger partial charge in [-0.25, -0.2) is 55.1 Å². The first kappa shape index (κ1) is 98.8. The monoisotopic (exact) mass is 1580 g/mol. The van der Waals surface area contributed by atoms with Crippen LogP contribution in [-0.4, -0.2) is 146 Å². The topological polar surface area (TPSA) is 325 Å². The number of aliphatic hydroxyl groups is 1. The van der Waals surface area contributed by atoms with E-state index < -0.39 is 95.9 Å². The molecule has 6 aromatic rings. The van der Waals surface area contributed by atoms with Crippen molar-refractivity contribution >= 4 is 47.9 Å². The number of esters is 5. The molecule has 0 aliphatic carbocycles. The molecule has 5 aliphatic heterocycles. The van der Waals surface area contributed by atoms with Gasteiger partial charge in [0.2, 0.25) is 5.60 Å². The molecule has 4 aromatic carbocycles. The number of Topliss-reactive ketones (excluding diaryl/α,β-unsaturated/α-hetero) is 1. The fourth-order valence-corrected chi connectivity index (χ4v) is 9.48. The van der Waals surface area contributed by atoms with Crippen molar-refractivity contribution in [1.29, 1.82) is 0 Å². The maximum Gasteiger partial charge on any atom is 1.00 e.